The average molecular weight is 304 g/mol. The highest BCUT2D eigenvalue weighted by Gasteiger charge is 2.12. The Bertz CT molecular complexity index is 762. The second kappa shape index (κ2) is 5.68. The molecule has 21 heavy (non-hydrogen) atoms. The fourth-order valence-corrected chi connectivity index (χ4v) is 2.65. The van der Waals surface area contributed by atoms with Gasteiger partial charge in [0.15, 0.2) is 5.65 Å². The molecular formula is C12H16N8S. The summed E-state index contributed by atoms with van der Waals surface area (Å²) < 4.78 is 1.75. The molecule has 0 saturated heterocycles. The number of H-pyrrole nitrogens is 1. The number of thioether (sulfide) groups is 1. The molecule has 3 aromatic rings. The van der Waals surface area contributed by atoms with Gasteiger partial charge in [0.25, 0.3) is 0 Å². The summed E-state index contributed by atoms with van der Waals surface area (Å²) >= 11 is 1.50. The zero-order chi connectivity index (χ0) is 14.8. The molecule has 8 nitrogen and oxygen atoms in total. The molecule has 0 unspecified atom stereocenters. The van der Waals surface area contributed by atoms with Gasteiger partial charge in [-0.2, -0.15) is 5.10 Å². The number of hydrogen-bond acceptors (Lipinski definition) is 7. The Hall–Kier alpha value is -2.16. The summed E-state index contributed by atoms with van der Waals surface area (Å²) in [6, 6.07) is 0. The molecule has 0 aliphatic heterocycles. The minimum absolute atomic E-state index is 0.608. The average Bonchev–Trinajstić information content (AvgIpc) is 3.04. The number of hydrogen-bond donors (Lipinski definition) is 2. The molecule has 0 aliphatic carbocycles. The molecule has 0 radical (unpaired) electrons. The summed E-state index contributed by atoms with van der Waals surface area (Å²) in [5, 5.41) is 16.0. The van der Waals surface area contributed by atoms with Crippen LogP contribution in [0.5, 0.6) is 0 Å². The van der Waals surface area contributed by atoms with E-state index in [0.29, 0.717) is 10.9 Å². The molecule has 2 N–H and O–H groups in total. The van der Waals surface area contributed by atoms with Gasteiger partial charge in [0.05, 0.1) is 17.3 Å². The van der Waals surface area contributed by atoms with E-state index in [1.54, 1.807) is 10.9 Å². The van der Waals surface area contributed by atoms with Gasteiger partial charge in [0.2, 0.25) is 5.16 Å². The molecular weight excluding hydrogens is 288 g/mol. The van der Waals surface area contributed by atoms with Crippen LogP contribution in [-0.2, 0) is 12.8 Å². The van der Waals surface area contributed by atoms with Crippen molar-refractivity contribution in [1.82, 2.24) is 34.9 Å². The maximum atomic E-state index is 4.56. The predicted molar refractivity (Wildman–Crippen MR) is 81.1 cm³/mol. The van der Waals surface area contributed by atoms with Gasteiger partial charge < -0.3 is 5.32 Å². The molecule has 0 spiro atoms. The first-order valence-corrected chi connectivity index (χ1v) is 7.60. The van der Waals surface area contributed by atoms with Crippen molar-refractivity contribution < 1.29 is 0 Å². The van der Waals surface area contributed by atoms with E-state index in [1.807, 2.05) is 20.9 Å². The Morgan fingerprint density at radius 3 is 2.90 bits per heavy atom. The highest BCUT2D eigenvalue weighted by molar-refractivity contribution is 7.98. The third-order valence-corrected chi connectivity index (χ3v) is 3.73. The topological polar surface area (TPSA) is 97.2 Å². The van der Waals surface area contributed by atoms with Gasteiger partial charge in [-0.3, -0.25) is 9.78 Å². The van der Waals surface area contributed by atoms with Crippen LogP contribution in [0.1, 0.15) is 18.6 Å². The van der Waals surface area contributed by atoms with Crippen LogP contribution in [-0.4, -0.2) is 41.5 Å². The minimum Gasteiger partial charge on any atom is -0.370 e. The van der Waals surface area contributed by atoms with Crippen LogP contribution in [0.2, 0.25) is 0 Å². The lowest BCUT2D eigenvalue weighted by Gasteiger charge is -2.06. The number of nitrogens with zero attached hydrogens (tertiary/aromatic N) is 6. The number of aromatic amines is 1. The highest BCUT2D eigenvalue weighted by Crippen LogP contribution is 2.23. The number of nitrogens with one attached hydrogen (secondary N) is 2. The third-order valence-electron chi connectivity index (χ3n) is 2.89. The normalized spacial score (nSPS) is 11.2. The first-order valence-electron chi connectivity index (χ1n) is 6.61. The van der Waals surface area contributed by atoms with Crippen molar-refractivity contribution in [3.05, 3.63) is 17.8 Å². The molecule has 0 saturated carbocycles. The molecule has 9 heteroatoms. The summed E-state index contributed by atoms with van der Waals surface area (Å²) in [6.07, 6.45) is 1.78. The molecule has 3 rings (SSSR count). The van der Waals surface area contributed by atoms with Gasteiger partial charge >= 0.3 is 0 Å². The summed E-state index contributed by atoms with van der Waals surface area (Å²) in [5.74, 6) is 2.96. The van der Waals surface area contributed by atoms with Gasteiger partial charge in [0.1, 0.15) is 17.5 Å². The molecule has 0 aliphatic rings. The van der Waals surface area contributed by atoms with Crippen molar-refractivity contribution >= 4 is 28.6 Å². The maximum Gasteiger partial charge on any atom is 0.208 e. The number of fused-ring (bicyclic) bond motifs is 1. The quantitative estimate of drug-likeness (QED) is 0.690. The Morgan fingerprint density at radius 1 is 1.33 bits per heavy atom. The van der Waals surface area contributed by atoms with Crippen LogP contribution in [0.25, 0.3) is 11.0 Å². The van der Waals surface area contributed by atoms with Crippen molar-refractivity contribution in [2.45, 2.75) is 24.8 Å². The number of rotatable bonds is 5. The lowest BCUT2D eigenvalue weighted by Crippen LogP contribution is -2.05. The Morgan fingerprint density at radius 2 is 2.19 bits per heavy atom. The lowest BCUT2D eigenvalue weighted by molar-refractivity contribution is 0.782. The van der Waals surface area contributed by atoms with Crippen LogP contribution < -0.4 is 5.32 Å². The first kappa shape index (κ1) is 13.8. The summed E-state index contributed by atoms with van der Waals surface area (Å²) in [7, 11) is 1.88. The lowest BCUT2D eigenvalue weighted by atomic mass is 10.4. The van der Waals surface area contributed by atoms with Gasteiger partial charge in [-0.05, 0) is 13.8 Å². The van der Waals surface area contributed by atoms with Crippen LogP contribution >= 0.6 is 11.8 Å². The van der Waals surface area contributed by atoms with E-state index >= 15 is 0 Å². The molecule has 3 heterocycles. The summed E-state index contributed by atoms with van der Waals surface area (Å²) in [4.78, 5) is 13.4. The van der Waals surface area contributed by atoms with E-state index in [4.69, 9.17) is 0 Å². The van der Waals surface area contributed by atoms with Crippen molar-refractivity contribution in [3.63, 3.8) is 0 Å². The third kappa shape index (κ3) is 2.82. The number of anilines is 1. The standard InChI is InChI=1S/C12H16N8S/c1-4-13-10-8-5-14-20(3)11(8)17-9(16-10)6-21-12-15-7(2)18-19-12/h5H,4,6H2,1-3H3,(H,13,16,17)(H,15,18,19). The van der Waals surface area contributed by atoms with E-state index in [1.165, 1.54) is 11.8 Å². The van der Waals surface area contributed by atoms with Crippen LogP contribution in [0.4, 0.5) is 5.82 Å². The summed E-state index contributed by atoms with van der Waals surface area (Å²) in [5.41, 5.74) is 0.822. The fraction of sp³-hybridized carbons (Fsp3) is 0.417. The zero-order valence-electron chi connectivity index (χ0n) is 12.1. The van der Waals surface area contributed by atoms with E-state index in [9.17, 15) is 0 Å². The second-order valence-corrected chi connectivity index (χ2v) is 5.46. The van der Waals surface area contributed by atoms with Crippen LogP contribution in [0.15, 0.2) is 11.4 Å². The van der Waals surface area contributed by atoms with E-state index in [-0.39, 0.29) is 0 Å². The van der Waals surface area contributed by atoms with E-state index in [0.717, 1.165) is 35.0 Å². The van der Waals surface area contributed by atoms with Gasteiger partial charge in [0, 0.05) is 13.6 Å². The highest BCUT2D eigenvalue weighted by atomic mass is 32.2. The second-order valence-electron chi connectivity index (χ2n) is 4.52. The van der Waals surface area contributed by atoms with Gasteiger partial charge in [-0.25, -0.2) is 15.0 Å². The number of aryl methyl sites for hydroxylation is 2. The largest absolute Gasteiger partial charge is 0.370 e. The van der Waals surface area contributed by atoms with E-state index in [2.05, 4.69) is 35.6 Å². The number of aromatic nitrogens is 7. The van der Waals surface area contributed by atoms with Crippen molar-refractivity contribution in [2.75, 3.05) is 11.9 Å². The molecule has 0 atom stereocenters. The SMILES string of the molecule is CCNc1nc(CSc2n[nH]c(C)n2)nc2c1cnn2C. The van der Waals surface area contributed by atoms with Gasteiger partial charge in [-0.1, -0.05) is 11.8 Å². The maximum absolute atomic E-state index is 4.56. The van der Waals surface area contributed by atoms with Crippen LogP contribution in [0.3, 0.4) is 0 Å². The summed E-state index contributed by atoms with van der Waals surface area (Å²) in [6.45, 7) is 4.71. The van der Waals surface area contributed by atoms with Crippen LogP contribution in [0, 0.1) is 6.92 Å². The molecule has 110 valence electrons. The Kier molecular flexibility index (Phi) is 3.74. The first-order chi connectivity index (χ1) is 10.2. The molecule has 3 aromatic heterocycles. The monoisotopic (exact) mass is 304 g/mol. The minimum atomic E-state index is 0.608. The van der Waals surface area contributed by atoms with Crippen molar-refractivity contribution in [2.24, 2.45) is 7.05 Å². The van der Waals surface area contributed by atoms with Crippen molar-refractivity contribution in [3.8, 4) is 0 Å². The molecule has 0 aromatic carbocycles. The fourth-order valence-electron chi connectivity index (χ4n) is 1.95. The van der Waals surface area contributed by atoms with Gasteiger partial charge in [-0.15, -0.1) is 5.10 Å². The predicted octanol–water partition coefficient (Wildman–Crippen LogP) is 1.51. The molecule has 0 amide bonds. The molecule has 0 bridgehead atoms. The van der Waals surface area contributed by atoms with E-state index < -0.39 is 0 Å². The Balaban J connectivity index is 1.89. The van der Waals surface area contributed by atoms with Crippen molar-refractivity contribution in [1.29, 1.82) is 0 Å². The zero-order valence-corrected chi connectivity index (χ0v) is 12.9. The Labute approximate surface area is 125 Å². The molecule has 0 fully saturated rings. The smallest absolute Gasteiger partial charge is 0.208 e.